The van der Waals surface area contributed by atoms with E-state index in [0.29, 0.717) is 30.8 Å². The number of nitrogens with one attached hydrogen (secondary N) is 1. The van der Waals surface area contributed by atoms with Gasteiger partial charge in [-0.15, -0.1) is 0 Å². The first-order chi connectivity index (χ1) is 12.0. The maximum absolute atomic E-state index is 12.6. The highest BCUT2D eigenvalue weighted by atomic mass is 16.5. The molecule has 0 saturated carbocycles. The van der Waals surface area contributed by atoms with Gasteiger partial charge in [0.2, 0.25) is 0 Å². The average Bonchev–Trinajstić information content (AvgIpc) is 2.61. The second-order valence-electron chi connectivity index (χ2n) is 6.54. The molecule has 0 radical (unpaired) electrons. The van der Waals surface area contributed by atoms with E-state index in [1.807, 2.05) is 30.3 Å². The van der Waals surface area contributed by atoms with Gasteiger partial charge in [0, 0.05) is 12.2 Å². The van der Waals surface area contributed by atoms with Crippen LogP contribution >= 0.6 is 0 Å². The second kappa shape index (κ2) is 7.11. The van der Waals surface area contributed by atoms with Gasteiger partial charge < -0.3 is 19.7 Å². The van der Waals surface area contributed by atoms with Crippen molar-refractivity contribution >= 4 is 5.91 Å². The first-order valence-electron chi connectivity index (χ1n) is 8.36. The molecule has 0 bridgehead atoms. The van der Waals surface area contributed by atoms with Gasteiger partial charge in [-0.25, -0.2) is 0 Å². The molecule has 1 unspecified atom stereocenters. The highest BCUT2D eigenvalue weighted by Gasteiger charge is 2.36. The van der Waals surface area contributed by atoms with Crippen LogP contribution < -0.4 is 10.3 Å². The third-order valence-corrected chi connectivity index (χ3v) is 4.38. The zero-order valence-electron chi connectivity index (χ0n) is 14.2. The molecule has 2 N–H and O–H groups in total. The average molecular weight is 342 g/mol. The van der Waals surface area contributed by atoms with Gasteiger partial charge in [-0.05, 0) is 44.0 Å². The van der Waals surface area contributed by atoms with Gasteiger partial charge in [-0.2, -0.15) is 0 Å². The molecule has 1 fully saturated rings. The monoisotopic (exact) mass is 342 g/mol. The van der Waals surface area contributed by atoms with Gasteiger partial charge in [0.1, 0.15) is 23.5 Å². The maximum atomic E-state index is 12.6. The van der Waals surface area contributed by atoms with Crippen LogP contribution in [0.1, 0.15) is 28.9 Å². The largest absolute Gasteiger partial charge is 0.491 e. The number of carbonyl (C=O) groups is 1. The number of aliphatic hydroxyl groups is 1. The van der Waals surface area contributed by atoms with Gasteiger partial charge in [-0.1, -0.05) is 18.2 Å². The summed E-state index contributed by atoms with van der Waals surface area (Å²) in [5, 5.41) is 10.8. The van der Waals surface area contributed by atoms with Crippen LogP contribution in [0.15, 0.2) is 47.3 Å². The summed E-state index contributed by atoms with van der Waals surface area (Å²) in [6, 6.07) is 12.5. The lowest BCUT2D eigenvalue weighted by Crippen LogP contribution is -2.53. The van der Waals surface area contributed by atoms with Crippen LogP contribution in [-0.2, 0) is 0 Å². The maximum Gasteiger partial charge on any atom is 0.260 e. The van der Waals surface area contributed by atoms with E-state index < -0.39 is 11.2 Å². The Morgan fingerprint density at radius 2 is 2.04 bits per heavy atom. The molecule has 6 nitrogen and oxygen atoms in total. The molecular formula is C19H22N2O4. The molecule has 132 valence electrons. The number of nitrogens with zero attached hydrogens (tertiary/aromatic N) is 1. The number of carbonyl (C=O) groups excluding carboxylic acids is 1. The number of ether oxygens (including phenoxy) is 1. The third kappa shape index (κ3) is 4.09. The van der Waals surface area contributed by atoms with Crippen molar-refractivity contribution in [3.63, 3.8) is 0 Å². The highest BCUT2D eigenvalue weighted by molar-refractivity contribution is 5.94. The number of benzene rings is 1. The number of aromatic amines is 1. The number of aryl methyl sites for hydroxylation is 1. The molecule has 1 aromatic carbocycles. The summed E-state index contributed by atoms with van der Waals surface area (Å²) in [6.07, 6.45) is 1.21. The molecule has 0 spiro atoms. The van der Waals surface area contributed by atoms with Crippen molar-refractivity contribution in [2.24, 2.45) is 0 Å². The number of likely N-dealkylation sites (tertiary alicyclic amines) is 1. The minimum Gasteiger partial charge on any atom is -0.491 e. The SMILES string of the molecule is Cc1ccc(C(=O)N2CCCC(O)(COc3ccccc3)C2)c(=O)[nH]1. The summed E-state index contributed by atoms with van der Waals surface area (Å²) in [5.74, 6) is 0.313. The molecule has 3 rings (SSSR count). The number of amides is 1. The van der Waals surface area contributed by atoms with Gasteiger partial charge in [0.05, 0.1) is 6.54 Å². The minimum atomic E-state index is -1.12. The smallest absolute Gasteiger partial charge is 0.260 e. The molecule has 6 heteroatoms. The fourth-order valence-electron chi connectivity index (χ4n) is 3.05. The van der Waals surface area contributed by atoms with Crippen LogP contribution in [-0.4, -0.2) is 46.2 Å². The fourth-order valence-corrected chi connectivity index (χ4v) is 3.05. The lowest BCUT2D eigenvalue weighted by molar-refractivity contribution is -0.0532. The Bertz CT molecular complexity index is 803. The zero-order valence-corrected chi connectivity index (χ0v) is 14.2. The fraction of sp³-hybridized carbons (Fsp3) is 0.368. The predicted molar refractivity (Wildman–Crippen MR) is 93.8 cm³/mol. The van der Waals surface area contributed by atoms with Crippen molar-refractivity contribution in [2.45, 2.75) is 25.4 Å². The molecular weight excluding hydrogens is 320 g/mol. The number of H-pyrrole nitrogens is 1. The van der Waals surface area contributed by atoms with E-state index in [1.165, 1.54) is 11.0 Å². The number of β-amino-alcohol motifs (C(OH)–C–C–N with tert-alkyl or cyclic N) is 1. The lowest BCUT2D eigenvalue weighted by atomic mass is 9.93. The summed E-state index contributed by atoms with van der Waals surface area (Å²) in [4.78, 5) is 28.8. The zero-order chi connectivity index (χ0) is 17.9. The Labute approximate surface area is 146 Å². The molecule has 1 aromatic heterocycles. The van der Waals surface area contributed by atoms with Gasteiger partial charge in [0.25, 0.3) is 11.5 Å². The van der Waals surface area contributed by atoms with Crippen molar-refractivity contribution in [3.8, 4) is 5.75 Å². The Kier molecular flexibility index (Phi) is 4.90. The molecule has 2 aromatic rings. The Balaban J connectivity index is 1.69. The van der Waals surface area contributed by atoms with Gasteiger partial charge in [-0.3, -0.25) is 9.59 Å². The summed E-state index contributed by atoms with van der Waals surface area (Å²) in [6.45, 7) is 2.52. The van der Waals surface area contributed by atoms with E-state index >= 15 is 0 Å². The molecule has 1 saturated heterocycles. The molecule has 1 atom stereocenters. The molecule has 0 aliphatic carbocycles. The van der Waals surface area contributed by atoms with Crippen molar-refractivity contribution < 1.29 is 14.6 Å². The van der Waals surface area contributed by atoms with Crippen LogP contribution in [0.4, 0.5) is 0 Å². The topological polar surface area (TPSA) is 82.6 Å². The van der Waals surface area contributed by atoms with E-state index in [1.54, 1.807) is 13.0 Å². The summed E-state index contributed by atoms with van der Waals surface area (Å²) < 4.78 is 5.67. The molecule has 1 amide bonds. The van der Waals surface area contributed by atoms with Gasteiger partial charge >= 0.3 is 0 Å². The van der Waals surface area contributed by atoms with Crippen molar-refractivity contribution in [1.29, 1.82) is 0 Å². The van der Waals surface area contributed by atoms with Crippen molar-refractivity contribution in [2.75, 3.05) is 19.7 Å². The van der Waals surface area contributed by atoms with Crippen LogP contribution in [0.25, 0.3) is 0 Å². The summed E-state index contributed by atoms with van der Waals surface area (Å²) in [5.41, 5.74) is -0.729. The summed E-state index contributed by atoms with van der Waals surface area (Å²) in [7, 11) is 0. The van der Waals surface area contributed by atoms with Crippen LogP contribution in [0, 0.1) is 6.92 Å². The Morgan fingerprint density at radius 1 is 1.28 bits per heavy atom. The molecule has 1 aliphatic rings. The number of hydrogen-bond donors (Lipinski definition) is 2. The van der Waals surface area contributed by atoms with E-state index in [2.05, 4.69) is 4.98 Å². The van der Waals surface area contributed by atoms with Crippen LogP contribution in [0.2, 0.25) is 0 Å². The number of hydrogen-bond acceptors (Lipinski definition) is 4. The van der Waals surface area contributed by atoms with Crippen molar-refractivity contribution in [3.05, 3.63) is 64.1 Å². The normalized spacial score (nSPS) is 20.3. The first-order valence-corrected chi connectivity index (χ1v) is 8.36. The van der Waals surface area contributed by atoms with Gasteiger partial charge in [0.15, 0.2) is 0 Å². The number of rotatable bonds is 4. The van der Waals surface area contributed by atoms with Crippen LogP contribution in [0.5, 0.6) is 5.75 Å². The number of para-hydroxylation sites is 1. The number of pyridine rings is 1. The molecule has 25 heavy (non-hydrogen) atoms. The van der Waals surface area contributed by atoms with Crippen molar-refractivity contribution in [1.82, 2.24) is 9.88 Å². The first kappa shape index (κ1) is 17.2. The molecule has 2 heterocycles. The van der Waals surface area contributed by atoms with E-state index in [-0.39, 0.29) is 24.6 Å². The Hall–Kier alpha value is -2.60. The minimum absolute atomic E-state index is 0.0961. The highest BCUT2D eigenvalue weighted by Crippen LogP contribution is 2.23. The van der Waals surface area contributed by atoms with Crippen LogP contribution in [0.3, 0.4) is 0 Å². The predicted octanol–water partition coefficient (Wildman–Crippen LogP) is 1.73. The standard InChI is InChI=1S/C19H22N2O4/c1-14-8-9-16(17(22)20-14)18(23)21-11-5-10-19(24,12-21)13-25-15-6-3-2-4-7-15/h2-4,6-9,24H,5,10-13H2,1H3,(H,20,22). The second-order valence-corrected chi connectivity index (χ2v) is 6.54. The lowest BCUT2D eigenvalue weighted by Gasteiger charge is -2.38. The number of aromatic nitrogens is 1. The number of piperidine rings is 1. The van der Waals surface area contributed by atoms with E-state index in [9.17, 15) is 14.7 Å². The van der Waals surface area contributed by atoms with E-state index in [4.69, 9.17) is 4.74 Å². The Morgan fingerprint density at radius 3 is 2.76 bits per heavy atom. The van der Waals surface area contributed by atoms with E-state index in [0.717, 1.165) is 0 Å². The quantitative estimate of drug-likeness (QED) is 0.886. The summed E-state index contributed by atoms with van der Waals surface area (Å²) >= 11 is 0. The molecule has 1 aliphatic heterocycles. The third-order valence-electron chi connectivity index (χ3n) is 4.38.